The normalized spacial score (nSPS) is 7.86. The zero-order valence-electron chi connectivity index (χ0n) is 8.51. The number of aryl methyl sites for hydroxylation is 2. The van der Waals surface area contributed by atoms with Crippen LogP contribution in [0.5, 0.6) is 0 Å². The molecule has 0 spiro atoms. The van der Waals surface area contributed by atoms with E-state index in [9.17, 15) is 0 Å². The Bertz CT molecular complexity index is 190. The first-order valence-corrected chi connectivity index (χ1v) is 4.35. The lowest BCUT2D eigenvalue weighted by Crippen LogP contribution is -1.88. The van der Waals surface area contributed by atoms with E-state index in [1.165, 1.54) is 11.1 Å². The van der Waals surface area contributed by atoms with Crippen molar-refractivity contribution in [2.45, 2.75) is 26.7 Å². The van der Waals surface area contributed by atoms with Gasteiger partial charge in [0.25, 0.3) is 0 Å². The SMILES string of the molecule is CCc1ccccc1CC.OO.OO. The largest absolute Gasteiger partial charge is 0.255 e. The summed E-state index contributed by atoms with van der Waals surface area (Å²) >= 11 is 0. The Labute approximate surface area is 83.9 Å². The summed E-state index contributed by atoms with van der Waals surface area (Å²) in [5, 5.41) is 24.0. The summed E-state index contributed by atoms with van der Waals surface area (Å²) in [5.74, 6) is 0. The lowest BCUT2D eigenvalue weighted by atomic mass is 10.0. The number of hydrogen-bond acceptors (Lipinski definition) is 4. The van der Waals surface area contributed by atoms with Crippen molar-refractivity contribution in [1.29, 1.82) is 0 Å². The van der Waals surface area contributed by atoms with Crippen LogP contribution in [0.2, 0.25) is 0 Å². The maximum Gasteiger partial charge on any atom is -0.0305 e. The van der Waals surface area contributed by atoms with Crippen LogP contribution in [0.15, 0.2) is 24.3 Å². The van der Waals surface area contributed by atoms with Crippen LogP contribution in [-0.4, -0.2) is 21.0 Å². The van der Waals surface area contributed by atoms with Crippen LogP contribution in [0.25, 0.3) is 0 Å². The molecule has 0 heterocycles. The topological polar surface area (TPSA) is 80.9 Å². The number of rotatable bonds is 2. The minimum Gasteiger partial charge on any atom is -0.255 e. The molecule has 0 aliphatic carbocycles. The maximum absolute atomic E-state index is 6.00. The molecular weight excluding hydrogens is 184 g/mol. The van der Waals surface area contributed by atoms with Crippen molar-refractivity contribution in [2.24, 2.45) is 0 Å². The Morgan fingerprint density at radius 3 is 1.29 bits per heavy atom. The van der Waals surface area contributed by atoms with E-state index in [2.05, 4.69) is 38.1 Å². The average molecular weight is 202 g/mol. The van der Waals surface area contributed by atoms with E-state index < -0.39 is 0 Å². The van der Waals surface area contributed by atoms with Gasteiger partial charge in [-0.25, -0.2) is 0 Å². The highest BCUT2D eigenvalue weighted by molar-refractivity contribution is 5.26. The lowest BCUT2D eigenvalue weighted by Gasteiger charge is -2.02. The molecule has 82 valence electrons. The standard InChI is InChI=1S/C10H14.2H2O2/c1-3-9-7-5-6-8-10(9)4-2;2*1-2/h5-8H,3-4H2,1-2H3;2*1-2H. The van der Waals surface area contributed by atoms with E-state index in [4.69, 9.17) is 21.0 Å². The van der Waals surface area contributed by atoms with Crippen LogP contribution in [0.4, 0.5) is 0 Å². The van der Waals surface area contributed by atoms with E-state index in [1.807, 2.05) is 0 Å². The fourth-order valence-electron chi connectivity index (χ4n) is 1.25. The third-order valence-electron chi connectivity index (χ3n) is 1.88. The fourth-order valence-corrected chi connectivity index (χ4v) is 1.25. The van der Waals surface area contributed by atoms with Gasteiger partial charge in [-0.3, -0.25) is 21.0 Å². The van der Waals surface area contributed by atoms with Crippen LogP contribution >= 0.6 is 0 Å². The van der Waals surface area contributed by atoms with Gasteiger partial charge in [0.2, 0.25) is 0 Å². The van der Waals surface area contributed by atoms with E-state index in [1.54, 1.807) is 0 Å². The molecule has 0 aliphatic heterocycles. The lowest BCUT2D eigenvalue weighted by molar-refractivity contribution is -0.176. The molecule has 4 N–H and O–H groups in total. The van der Waals surface area contributed by atoms with Crippen molar-refractivity contribution < 1.29 is 21.0 Å². The molecule has 14 heavy (non-hydrogen) atoms. The van der Waals surface area contributed by atoms with Crippen LogP contribution in [0.1, 0.15) is 25.0 Å². The molecule has 0 fully saturated rings. The van der Waals surface area contributed by atoms with Gasteiger partial charge >= 0.3 is 0 Å². The quantitative estimate of drug-likeness (QED) is 0.439. The van der Waals surface area contributed by atoms with Gasteiger partial charge in [0.15, 0.2) is 0 Å². The summed E-state index contributed by atoms with van der Waals surface area (Å²) < 4.78 is 0. The summed E-state index contributed by atoms with van der Waals surface area (Å²) in [5.41, 5.74) is 2.98. The first-order valence-electron chi connectivity index (χ1n) is 4.35. The van der Waals surface area contributed by atoms with Crippen molar-refractivity contribution in [3.05, 3.63) is 35.4 Å². The highest BCUT2D eigenvalue weighted by atomic mass is 17.0. The van der Waals surface area contributed by atoms with Gasteiger partial charge in [-0.05, 0) is 24.0 Å². The second-order valence-corrected chi connectivity index (χ2v) is 2.48. The second kappa shape index (κ2) is 12.1. The number of hydrogen-bond donors (Lipinski definition) is 4. The summed E-state index contributed by atoms with van der Waals surface area (Å²) in [6.07, 6.45) is 2.31. The van der Waals surface area contributed by atoms with E-state index in [0.29, 0.717) is 0 Å². The molecule has 1 rings (SSSR count). The van der Waals surface area contributed by atoms with Crippen molar-refractivity contribution in [2.75, 3.05) is 0 Å². The summed E-state index contributed by atoms with van der Waals surface area (Å²) in [6, 6.07) is 8.63. The third-order valence-corrected chi connectivity index (χ3v) is 1.88. The Morgan fingerprint density at radius 2 is 1.07 bits per heavy atom. The highest BCUT2D eigenvalue weighted by Crippen LogP contribution is 2.08. The Balaban J connectivity index is 0. The number of benzene rings is 1. The van der Waals surface area contributed by atoms with Crippen LogP contribution in [-0.2, 0) is 12.8 Å². The van der Waals surface area contributed by atoms with E-state index in [0.717, 1.165) is 12.8 Å². The molecule has 0 aliphatic rings. The van der Waals surface area contributed by atoms with Crippen LogP contribution < -0.4 is 0 Å². The molecule has 1 aromatic rings. The predicted octanol–water partition coefficient (Wildman–Crippen LogP) is 2.85. The average Bonchev–Trinajstić information content (AvgIpc) is 2.34. The molecule has 0 saturated carbocycles. The summed E-state index contributed by atoms with van der Waals surface area (Å²) in [7, 11) is 0. The summed E-state index contributed by atoms with van der Waals surface area (Å²) in [4.78, 5) is 0. The van der Waals surface area contributed by atoms with Gasteiger partial charge in [-0.2, -0.15) is 0 Å². The van der Waals surface area contributed by atoms with Crippen LogP contribution in [0.3, 0.4) is 0 Å². The van der Waals surface area contributed by atoms with E-state index >= 15 is 0 Å². The molecule has 0 bridgehead atoms. The molecule has 0 aromatic heterocycles. The Kier molecular flexibility index (Phi) is 13.4. The predicted molar refractivity (Wildman–Crippen MR) is 55.7 cm³/mol. The van der Waals surface area contributed by atoms with Gasteiger partial charge in [0.05, 0.1) is 0 Å². The molecule has 0 unspecified atom stereocenters. The zero-order valence-corrected chi connectivity index (χ0v) is 8.51. The Morgan fingerprint density at radius 1 is 0.786 bits per heavy atom. The third kappa shape index (κ3) is 5.66. The smallest absolute Gasteiger partial charge is 0.0305 e. The first-order chi connectivity index (χ1) is 6.88. The van der Waals surface area contributed by atoms with Gasteiger partial charge in [0, 0.05) is 0 Å². The fraction of sp³-hybridized carbons (Fsp3) is 0.400. The van der Waals surface area contributed by atoms with Crippen molar-refractivity contribution in [1.82, 2.24) is 0 Å². The molecule has 0 amide bonds. The van der Waals surface area contributed by atoms with Crippen molar-refractivity contribution in [3.63, 3.8) is 0 Å². The molecule has 0 radical (unpaired) electrons. The maximum atomic E-state index is 6.00. The van der Waals surface area contributed by atoms with Gasteiger partial charge in [-0.1, -0.05) is 38.1 Å². The monoisotopic (exact) mass is 202 g/mol. The molecule has 0 saturated heterocycles. The van der Waals surface area contributed by atoms with Gasteiger partial charge in [-0.15, -0.1) is 0 Å². The molecular formula is C10H18O4. The van der Waals surface area contributed by atoms with Crippen molar-refractivity contribution >= 4 is 0 Å². The van der Waals surface area contributed by atoms with Crippen LogP contribution in [0, 0.1) is 0 Å². The molecule has 1 aromatic carbocycles. The second-order valence-electron chi connectivity index (χ2n) is 2.48. The minimum absolute atomic E-state index is 1.16. The molecule has 4 heteroatoms. The molecule has 0 atom stereocenters. The van der Waals surface area contributed by atoms with Gasteiger partial charge in [0.1, 0.15) is 0 Å². The summed E-state index contributed by atoms with van der Waals surface area (Å²) in [6.45, 7) is 4.41. The zero-order chi connectivity index (χ0) is 11.4. The minimum atomic E-state index is 1.16. The first kappa shape index (κ1) is 15.5. The van der Waals surface area contributed by atoms with Gasteiger partial charge < -0.3 is 0 Å². The van der Waals surface area contributed by atoms with E-state index in [-0.39, 0.29) is 0 Å². The van der Waals surface area contributed by atoms with Crippen molar-refractivity contribution in [3.8, 4) is 0 Å². The Hall–Kier alpha value is -0.940. The highest BCUT2D eigenvalue weighted by Gasteiger charge is 1.93. The molecule has 4 nitrogen and oxygen atoms in total.